The molecule has 112 valence electrons. The molecule has 0 saturated carbocycles. The Balaban J connectivity index is 2.56. The number of rotatable bonds is 4. The van der Waals surface area contributed by atoms with E-state index in [2.05, 4.69) is 16.2 Å². The van der Waals surface area contributed by atoms with Crippen molar-refractivity contribution in [3.63, 3.8) is 0 Å². The number of carbonyl (C=O) groups is 2. The van der Waals surface area contributed by atoms with Gasteiger partial charge < -0.3 is 0 Å². The number of carbonyl (C=O) groups excluding carboxylic acids is 2. The van der Waals surface area contributed by atoms with Gasteiger partial charge in [-0.25, -0.2) is 0 Å². The Labute approximate surface area is 126 Å². The van der Waals surface area contributed by atoms with Gasteiger partial charge in [0.05, 0.1) is 4.92 Å². The molecular formula is C12H14N4O4S. The van der Waals surface area contributed by atoms with Crippen molar-refractivity contribution >= 4 is 34.8 Å². The van der Waals surface area contributed by atoms with Crippen LogP contribution in [0.5, 0.6) is 0 Å². The third kappa shape index (κ3) is 5.53. The maximum atomic E-state index is 11.8. The summed E-state index contributed by atoms with van der Waals surface area (Å²) in [5, 5.41) is 12.8. The number of hydrazine groups is 1. The van der Waals surface area contributed by atoms with E-state index in [-0.39, 0.29) is 22.3 Å². The second kappa shape index (κ2) is 7.90. The molecule has 3 N–H and O–H groups in total. The molecule has 9 heteroatoms. The highest BCUT2D eigenvalue weighted by atomic mass is 32.1. The van der Waals surface area contributed by atoms with E-state index in [1.807, 2.05) is 6.92 Å². The standard InChI is InChI=1S/C12H14N4O4S/c1-2-4-10(17)14-15-12(21)13-11(18)8-5-3-6-9(7-8)16(19)20/h3,5-7H,2,4H2,1H3,(H,14,17)(H2,13,15,18,21). The fourth-order valence-electron chi connectivity index (χ4n) is 1.38. The van der Waals surface area contributed by atoms with Gasteiger partial charge in [-0.05, 0) is 24.7 Å². The molecule has 0 aliphatic heterocycles. The number of hydrogen-bond donors (Lipinski definition) is 3. The van der Waals surface area contributed by atoms with Gasteiger partial charge in [0.25, 0.3) is 11.6 Å². The van der Waals surface area contributed by atoms with E-state index < -0.39 is 10.8 Å². The van der Waals surface area contributed by atoms with Crippen molar-refractivity contribution in [2.24, 2.45) is 0 Å². The highest BCUT2D eigenvalue weighted by molar-refractivity contribution is 7.80. The Bertz CT molecular complexity index is 576. The monoisotopic (exact) mass is 310 g/mol. The van der Waals surface area contributed by atoms with E-state index in [4.69, 9.17) is 12.2 Å². The fourth-order valence-corrected chi connectivity index (χ4v) is 1.53. The van der Waals surface area contributed by atoms with Gasteiger partial charge in [0, 0.05) is 24.1 Å². The van der Waals surface area contributed by atoms with E-state index in [1.165, 1.54) is 18.2 Å². The number of amides is 2. The molecule has 0 atom stereocenters. The molecule has 0 heterocycles. The topological polar surface area (TPSA) is 113 Å². The lowest BCUT2D eigenvalue weighted by Gasteiger charge is -2.10. The van der Waals surface area contributed by atoms with E-state index in [0.29, 0.717) is 12.8 Å². The molecule has 0 aliphatic carbocycles. The van der Waals surface area contributed by atoms with Crippen LogP contribution < -0.4 is 16.2 Å². The molecular weight excluding hydrogens is 296 g/mol. The van der Waals surface area contributed by atoms with Crippen LogP contribution >= 0.6 is 12.2 Å². The Morgan fingerprint density at radius 1 is 1.33 bits per heavy atom. The normalized spacial score (nSPS) is 9.57. The van der Waals surface area contributed by atoms with Crippen molar-refractivity contribution in [3.8, 4) is 0 Å². The molecule has 1 aromatic carbocycles. The Hall–Kier alpha value is -2.55. The molecule has 8 nitrogen and oxygen atoms in total. The van der Waals surface area contributed by atoms with Crippen LogP contribution in [-0.2, 0) is 4.79 Å². The predicted octanol–water partition coefficient (Wildman–Crippen LogP) is 1.03. The molecule has 21 heavy (non-hydrogen) atoms. The number of benzene rings is 1. The van der Waals surface area contributed by atoms with Crippen LogP contribution in [0.15, 0.2) is 24.3 Å². The lowest BCUT2D eigenvalue weighted by atomic mass is 10.2. The Morgan fingerprint density at radius 2 is 2.05 bits per heavy atom. The first-order valence-electron chi connectivity index (χ1n) is 6.08. The number of hydrogen-bond acceptors (Lipinski definition) is 5. The predicted molar refractivity (Wildman–Crippen MR) is 79.3 cm³/mol. The maximum Gasteiger partial charge on any atom is 0.270 e. The highest BCUT2D eigenvalue weighted by Gasteiger charge is 2.12. The maximum absolute atomic E-state index is 11.8. The van der Waals surface area contributed by atoms with Crippen molar-refractivity contribution < 1.29 is 14.5 Å². The molecule has 1 rings (SSSR count). The second-order valence-corrected chi connectivity index (χ2v) is 4.42. The Morgan fingerprint density at radius 3 is 2.67 bits per heavy atom. The summed E-state index contributed by atoms with van der Waals surface area (Å²) >= 11 is 4.83. The first kappa shape index (κ1) is 16.5. The lowest BCUT2D eigenvalue weighted by Crippen LogP contribution is -2.48. The number of nitro groups is 1. The zero-order chi connectivity index (χ0) is 15.8. The molecule has 0 bridgehead atoms. The van der Waals surface area contributed by atoms with Gasteiger partial charge in [0.15, 0.2) is 5.11 Å². The second-order valence-electron chi connectivity index (χ2n) is 4.01. The summed E-state index contributed by atoms with van der Waals surface area (Å²) in [6, 6.07) is 5.22. The molecule has 0 aromatic heterocycles. The quantitative estimate of drug-likeness (QED) is 0.435. The third-order valence-electron chi connectivity index (χ3n) is 2.34. The summed E-state index contributed by atoms with van der Waals surface area (Å²) in [6.07, 6.45) is 1.01. The zero-order valence-corrected chi connectivity index (χ0v) is 12.0. The van der Waals surface area contributed by atoms with Crippen molar-refractivity contribution in [2.75, 3.05) is 0 Å². The number of nitro benzene ring substituents is 1. The van der Waals surface area contributed by atoms with E-state index in [9.17, 15) is 19.7 Å². The van der Waals surface area contributed by atoms with Gasteiger partial charge in [-0.1, -0.05) is 13.0 Å². The van der Waals surface area contributed by atoms with Crippen molar-refractivity contribution in [3.05, 3.63) is 39.9 Å². The Kier molecular flexibility index (Phi) is 6.21. The average Bonchev–Trinajstić information content (AvgIpc) is 2.45. The fraction of sp³-hybridized carbons (Fsp3) is 0.250. The smallest absolute Gasteiger partial charge is 0.270 e. The highest BCUT2D eigenvalue weighted by Crippen LogP contribution is 2.12. The van der Waals surface area contributed by atoms with E-state index >= 15 is 0 Å². The first-order chi connectivity index (χ1) is 9.93. The van der Waals surface area contributed by atoms with Gasteiger partial charge in [-0.15, -0.1) is 0 Å². The number of thiocarbonyl (C=S) groups is 1. The van der Waals surface area contributed by atoms with Crippen LogP contribution in [0.2, 0.25) is 0 Å². The number of nitrogens with zero attached hydrogens (tertiary/aromatic N) is 1. The van der Waals surface area contributed by atoms with Crippen LogP contribution in [0, 0.1) is 10.1 Å². The van der Waals surface area contributed by atoms with Gasteiger partial charge in [-0.2, -0.15) is 0 Å². The lowest BCUT2D eigenvalue weighted by molar-refractivity contribution is -0.384. The molecule has 0 saturated heterocycles. The molecule has 0 aliphatic rings. The number of non-ortho nitro benzene ring substituents is 1. The minimum absolute atomic E-state index is 0.0910. The van der Waals surface area contributed by atoms with Crippen molar-refractivity contribution in [2.45, 2.75) is 19.8 Å². The van der Waals surface area contributed by atoms with E-state index in [1.54, 1.807) is 0 Å². The number of nitrogens with one attached hydrogen (secondary N) is 3. The summed E-state index contributed by atoms with van der Waals surface area (Å²) < 4.78 is 0. The summed E-state index contributed by atoms with van der Waals surface area (Å²) in [5.74, 6) is -0.870. The third-order valence-corrected chi connectivity index (χ3v) is 2.54. The molecule has 0 spiro atoms. The summed E-state index contributed by atoms with van der Waals surface area (Å²) in [7, 11) is 0. The van der Waals surface area contributed by atoms with Crippen LogP contribution in [0.25, 0.3) is 0 Å². The van der Waals surface area contributed by atoms with Gasteiger partial charge in [0.2, 0.25) is 5.91 Å². The van der Waals surface area contributed by atoms with Crippen molar-refractivity contribution in [1.82, 2.24) is 16.2 Å². The molecule has 1 aromatic rings. The van der Waals surface area contributed by atoms with Gasteiger partial charge in [-0.3, -0.25) is 35.9 Å². The van der Waals surface area contributed by atoms with E-state index in [0.717, 1.165) is 6.07 Å². The van der Waals surface area contributed by atoms with Gasteiger partial charge >= 0.3 is 0 Å². The zero-order valence-electron chi connectivity index (χ0n) is 11.2. The van der Waals surface area contributed by atoms with Crippen LogP contribution in [0.3, 0.4) is 0 Å². The average molecular weight is 310 g/mol. The van der Waals surface area contributed by atoms with Crippen LogP contribution in [0.1, 0.15) is 30.1 Å². The molecule has 0 fully saturated rings. The molecule has 0 unspecified atom stereocenters. The summed E-state index contributed by atoms with van der Waals surface area (Å²) in [4.78, 5) is 33.1. The SMILES string of the molecule is CCCC(=O)NNC(=S)NC(=O)c1cccc([N+](=O)[O-])c1. The largest absolute Gasteiger partial charge is 0.298 e. The van der Waals surface area contributed by atoms with Gasteiger partial charge in [0.1, 0.15) is 0 Å². The minimum atomic E-state index is -0.610. The minimum Gasteiger partial charge on any atom is -0.298 e. The first-order valence-corrected chi connectivity index (χ1v) is 6.49. The van der Waals surface area contributed by atoms with Crippen molar-refractivity contribution in [1.29, 1.82) is 0 Å². The summed E-state index contributed by atoms with van der Waals surface area (Å²) in [6.45, 7) is 1.85. The summed E-state index contributed by atoms with van der Waals surface area (Å²) in [5.41, 5.74) is 4.58. The molecule has 0 radical (unpaired) electrons. The van der Waals surface area contributed by atoms with Crippen LogP contribution in [-0.4, -0.2) is 21.9 Å². The molecule has 2 amide bonds. The van der Waals surface area contributed by atoms with Crippen LogP contribution in [0.4, 0.5) is 5.69 Å².